The van der Waals surface area contributed by atoms with Gasteiger partial charge in [0.1, 0.15) is 18.2 Å². The first-order chi connectivity index (χ1) is 10.6. The first kappa shape index (κ1) is 18.0. The molecule has 1 saturated heterocycles. The number of amides is 1. The second-order valence-electron chi connectivity index (χ2n) is 4.84. The summed E-state index contributed by atoms with van der Waals surface area (Å²) in [7, 11) is 0. The minimum atomic E-state index is -4.72. The Labute approximate surface area is 137 Å². The number of alkyl halides is 5. The number of halogens is 6. The number of rotatable bonds is 3. The van der Waals surface area contributed by atoms with Gasteiger partial charge >= 0.3 is 6.18 Å². The Bertz CT molecular complexity index is 655. The predicted molar refractivity (Wildman–Crippen MR) is 74.1 cm³/mol. The summed E-state index contributed by atoms with van der Waals surface area (Å²) in [6.07, 6.45) is -4.95. The van der Waals surface area contributed by atoms with Gasteiger partial charge in [0, 0.05) is 18.7 Å². The van der Waals surface area contributed by atoms with Crippen LogP contribution in [0.15, 0.2) is 17.1 Å². The van der Waals surface area contributed by atoms with Crippen LogP contribution in [-0.2, 0) is 16.1 Å². The Kier molecular flexibility index (Phi) is 5.22. The van der Waals surface area contributed by atoms with Crippen molar-refractivity contribution in [1.82, 2.24) is 4.57 Å². The molecule has 0 bridgehead atoms. The number of pyridine rings is 1. The van der Waals surface area contributed by atoms with Crippen LogP contribution in [0, 0.1) is 5.82 Å². The van der Waals surface area contributed by atoms with E-state index in [1.807, 2.05) is 0 Å². The molecule has 128 valence electrons. The van der Waals surface area contributed by atoms with Crippen LogP contribution in [0.25, 0.3) is 0 Å². The summed E-state index contributed by atoms with van der Waals surface area (Å²) < 4.78 is 55.7. The zero-order valence-electron chi connectivity index (χ0n) is 11.2. The number of nitrogens with one attached hydrogen (secondary N) is 1. The van der Waals surface area contributed by atoms with Gasteiger partial charge in [0.15, 0.2) is 5.82 Å². The number of aromatic nitrogens is 1. The zero-order chi connectivity index (χ0) is 17.4. The third kappa shape index (κ3) is 4.58. The third-order valence-corrected chi connectivity index (χ3v) is 3.91. The number of ether oxygens (including phenoxy) is 1. The molecule has 1 aromatic rings. The van der Waals surface area contributed by atoms with Gasteiger partial charge in [0.05, 0.1) is 11.1 Å². The number of carbonyl (C=O) groups excluding carboxylic acids is 1. The van der Waals surface area contributed by atoms with E-state index in [2.05, 4.69) is 5.32 Å². The molecule has 3 atom stereocenters. The van der Waals surface area contributed by atoms with E-state index in [1.54, 1.807) is 0 Å². The van der Waals surface area contributed by atoms with Crippen LogP contribution >= 0.6 is 23.2 Å². The number of hydrogen-bond acceptors (Lipinski definition) is 3. The SMILES string of the molecule is O=C(Nc1cc(F)c(=O)n(CC(F)(F)F)c1)C1CC(Cl)C(Cl)O1. The average molecular weight is 377 g/mol. The summed E-state index contributed by atoms with van der Waals surface area (Å²) in [5, 5.41) is 1.56. The van der Waals surface area contributed by atoms with Crippen LogP contribution in [0.1, 0.15) is 6.42 Å². The van der Waals surface area contributed by atoms with Gasteiger partial charge in [0.2, 0.25) is 0 Å². The molecule has 0 aliphatic carbocycles. The van der Waals surface area contributed by atoms with Crippen LogP contribution in [0.2, 0.25) is 0 Å². The highest BCUT2D eigenvalue weighted by Gasteiger charge is 2.37. The maximum Gasteiger partial charge on any atom is 0.406 e. The maximum absolute atomic E-state index is 13.4. The molecule has 2 heterocycles. The molecule has 0 saturated carbocycles. The molecule has 0 radical (unpaired) electrons. The lowest BCUT2D eigenvalue weighted by atomic mass is 10.2. The fourth-order valence-electron chi connectivity index (χ4n) is 1.98. The molecule has 2 rings (SSSR count). The molecule has 1 aliphatic rings. The fourth-order valence-corrected chi connectivity index (χ4v) is 2.43. The Balaban J connectivity index is 2.17. The minimum Gasteiger partial charge on any atom is -0.348 e. The summed E-state index contributed by atoms with van der Waals surface area (Å²) in [5.41, 5.74) is -2.65. The van der Waals surface area contributed by atoms with Gasteiger partial charge in [-0.15, -0.1) is 11.6 Å². The van der Waals surface area contributed by atoms with Crippen LogP contribution in [0.4, 0.5) is 23.2 Å². The predicted octanol–water partition coefficient (Wildman–Crippen LogP) is 2.45. The van der Waals surface area contributed by atoms with Crippen LogP contribution in [0.3, 0.4) is 0 Å². The monoisotopic (exact) mass is 376 g/mol. The van der Waals surface area contributed by atoms with E-state index in [1.165, 1.54) is 0 Å². The Hall–Kier alpha value is -1.32. The lowest BCUT2D eigenvalue weighted by molar-refractivity contribution is -0.141. The van der Waals surface area contributed by atoms with Crippen molar-refractivity contribution in [3.8, 4) is 0 Å². The van der Waals surface area contributed by atoms with E-state index in [-0.39, 0.29) is 16.7 Å². The van der Waals surface area contributed by atoms with Gasteiger partial charge in [-0.1, -0.05) is 11.6 Å². The average Bonchev–Trinajstić information content (AvgIpc) is 2.74. The topological polar surface area (TPSA) is 60.3 Å². The summed E-state index contributed by atoms with van der Waals surface area (Å²) >= 11 is 11.5. The summed E-state index contributed by atoms with van der Waals surface area (Å²) in [6, 6.07) is 0.623. The Morgan fingerprint density at radius 1 is 1.43 bits per heavy atom. The van der Waals surface area contributed by atoms with Gasteiger partial charge in [-0.2, -0.15) is 13.2 Å². The molecule has 0 spiro atoms. The van der Waals surface area contributed by atoms with E-state index in [9.17, 15) is 27.2 Å². The standard InChI is InChI=1S/C12H10Cl2F4N2O3/c13-6-2-8(23-9(6)14)10(21)19-5-1-7(15)11(22)20(3-5)4-12(16,17)18/h1,3,6,8-9H,2,4H2,(H,19,21). The molecule has 23 heavy (non-hydrogen) atoms. The van der Waals surface area contributed by atoms with Crippen molar-refractivity contribution in [3.05, 3.63) is 28.4 Å². The Morgan fingerprint density at radius 2 is 2.09 bits per heavy atom. The first-order valence-electron chi connectivity index (χ1n) is 6.28. The van der Waals surface area contributed by atoms with Crippen molar-refractivity contribution in [1.29, 1.82) is 0 Å². The second-order valence-corrected chi connectivity index (χ2v) is 5.83. The highest BCUT2D eigenvalue weighted by molar-refractivity contribution is 6.30. The van der Waals surface area contributed by atoms with Crippen LogP contribution < -0.4 is 10.9 Å². The molecule has 1 N–H and O–H groups in total. The van der Waals surface area contributed by atoms with Gasteiger partial charge in [0.25, 0.3) is 11.5 Å². The molecule has 11 heteroatoms. The van der Waals surface area contributed by atoms with Crippen molar-refractivity contribution >= 4 is 34.8 Å². The quantitative estimate of drug-likeness (QED) is 0.651. The number of nitrogens with zero attached hydrogens (tertiary/aromatic N) is 1. The molecule has 0 aromatic carbocycles. The minimum absolute atomic E-state index is 0.0895. The largest absolute Gasteiger partial charge is 0.406 e. The molecule has 1 fully saturated rings. The van der Waals surface area contributed by atoms with Gasteiger partial charge in [-0.3, -0.25) is 9.59 Å². The summed E-state index contributed by atoms with van der Waals surface area (Å²) in [4.78, 5) is 23.3. The second kappa shape index (κ2) is 6.66. The molecule has 1 aromatic heterocycles. The van der Waals surface area contributed by atoms with Crippen molar-refractivity contribution in [3.63, 3.8) is 0 Å². The number of hydrogen-bond donors (Lipinski definition) is 1. The van der Waals surface area contributed by atoms with Crippen molar-refractivity contribution in [2.75, 3.05) is 5.32 Å². The Morgan fingerprint density at radius 3 is 2.61 bits per heavy atom. The van der Waals surface area contributed by atoms with Gasteiger partial charge in [-0.25, -0.2) is 4.39 Å². The molecular formula is C12H10Cl2F4N2O3. The van der Waals surface area contributed by atoms with E-state index in [0.717, 1.165) is 0 Å². The van der Waals surface area contributed by atoms with E-state index < -0.39 is 47.0 Å². The van der Waals surface area contributed by atoms with Crippen LogP contribution in [0.5, 0.6) is 0 Å². The fraction of sp³-hybridized carbons (Fsp3) is 0.500. The highest BCUT2D eigenvalue weighted by atomic mass is 35.5. The molecular weight excluding hydrogens is 367 g/mol. The summed E-state index contributed by atoms with van der Waals surface area (Å²) in [6.45, 7) is -1.68. The van der Waals surface area contributed by atoms with Crippen molar-refractivity contribution in [2.45, 2.75) is 36.2 Å². The normalized spacial score (nSPS) is 24.7. The molecule has 1 aliphatic heterocycles. The number of carbonyl (C=O) groups is 1. The maximum atomic E-state index is 13.4. The molecule has 1 amide bonds. The third-order valence-electron chi connectivity index (χ3n) is 2.97. The number of anilines is 1. The van der Waals surface area contributed by atoms with Crippen molar-refractivity contribution in [2.24, 2.45) is 0 Å². The van der Waals surface area contributed by atoms with Crippen molar-refractivity contribution < 1.29 is 27.1 Å². The van der Waals surface area contributed by atoms with E-state index in [4.69, 9.17) is 27.9 Å². The summed E-state index contributed by atoms with van der Waals surface area (Å²) in [5.74, 6) is -2.18. The lowest BCUT2D eigenvalue weighted by Gasteiger charge is -2.14. The first-order valence-corrected chi connectivity index (χ1v) is 7.15. The van der Waals surface area contributed by atoms with E-state index >= 15 is 0 Å². The lowest BCUT2D eigenvalue weighted by Crippen LogP contribution is -2.32. The zero-order valence-corrected chi connectivity index (χ0v) is 12.8. The molecule has 5 nitrogen and oxygen atoms in total. The molecule has 3 unspecified atom stereocenters. The van der Waals surface area contributed by atoms with E-state index in [0.29, 0.717) is 12.3 Å². The van der Waals surface area contributed by atoms with Gasteiger partial charge in [-0.05, 0) is 0 Å². The van der Waals surface area contributed by atoms with Crippen LogP contribution in [-0.4, -0.2) is 33.7 Å². The smallest absolute Gasteiger partial charge is 0.348 e. The highest BCUT2D eigenvalue weighted by Crippen LogP contribution is 2.28. The van der Waals surface area contributed by atoms with Gasteiger partial charge < -0.3 is 14.6 Å².